The fourth-order valence-electron chi connectivity index (χ4n) is 2.22. The number of rotatable bonds is 6. The number of nitrogens with one attached hydrogen (secondary N) is 1. The van der Waals surface area contributed by atoms with E-state index in [1.54, 1.807) is 6.08 Å². The van der Waals surface area contributed by atoms with Gasteiger partial charge in [-0.25, -0.2) is 0 Å². The fraction of sp³-hybridized carbons (Fsp3) is 0.471. The standard InChI is InChI=1S/C17H23NO3/c1-3-12(2)15(19)11-18-17(20)7-5-13-4-6-16-14(10-13)8-9-21-16/h4-7,10,12,15,19H,3,8-9,11H2,1-2H3,(H,18,20)/b7-5+. The number of amides is 1. The highest BCUT2D eigenvalue weighted by Crippen LogP contribution is 2.26. The topological polar surface area (TPSA) is 58.6 Å². The van der Waals surface area contributed by atoms with E-state index in [1.807, 2.05) is 32.0 Å². The zero-order valence-electron chi connectivity index (χ0n) is 12.6. The van der Waals surface area contributed by atoms with E-state index < -0.39 is 6.10 Å². The van der Waals surface area contributed by atoms with Crippen molar-refractivity contribution in [1.29, 1.82) is 0 Å². The highest BCUT2D eigenvalue weighted by Gasteiger charge is 2.13. The predicted octanol–water partition coefficient (Wildman–Crippen LogP) is 2.16. The number of carbonyl (C=O) groups is 1. The summed E-state index contributed by atoms with van der Waals surface area (Å²) in [5, 5.41) is 12.5. The molecule has 0 radical (unpaired) electrons. The summed E-state index contributed by atoms with van der Waals surface area (Å²) in [5.41, 5.74) is 2.17. The van der Waals surface area contributed by atoms with Crippen LogP contribution in [-0.2, 0) is 11.2 Å². The van der Waals surface area contributed by atoms with Crippen molar-refractivity contribution < 1.29 is 14.6 Å². The van der Waals surface area contributed by atoms with Crippen LogP contribution in [0.5, 0.6) is 5.75 Å². The molecule has 2 N–H and O–H groups in total. The molecule has 1 aliphatic heterocycles. The van der Waals surface area contributed by atoms with Gasteiger partial charge in [0, 0.05) is 19.0 Å². The maximum atomic E-state index is 11.7. The number of hydrogen-bond donors (Lipinski definition) is 2. The van der Waals surface area contributed by atoms with Gasteiger partial charge in [-0.3, -0.25) is 4.79 Å². The smallest absolute Gasteiger partial charge is 0.244 e. The second-order valence-corrected chi connectivity index (χ2v) is 5.50. The molecule has 1 aromatic carbocycles. The zero-order valence-corrected chi connectivity index (χ0v) is 12.6. The Kier molecular flexibility index (Phi) is 5.39. The lowest BCUT2D eigenvalue weighted by atomic mass is 10.0. The van der Waals surface area contributed by atoms with Crippen molar-refractivity contribution in [1.82, 2.24) is 5.32 Å². The number of hydrogen-bond acceptors (Lipinski definition) is 3. The maximum absolute atomic E-state index is 11.7. The molecule has 0 bridgehead atoms. The summed E-state index contributed by atoms with van der Waals surface area (Å²) in [6, 6.07) is 5.91. The van der Waals surface area contributed by atoms with Gasteiger partial charge < -0.3 is 15.2 Å². The van der Waals surface area contributed by atoms with Crippen LogP contribution in [-0.4, -0.2) is 30.3 Å². The molecule has 4 nitrogen and oxygen atoms in total. The van der Waals surface area contributed by atoms with Crippen LogP contribution < -0.4 is 10.1 Å². The summed E-state index contributed by atoms with van der Waals surface area (Å²) in [6.45, 7) is 5.01. The Bertz CT molecular complexity index is 525. The molecule has 21 heavy (non-hydrogen) atoms. The van der Waals surface area contributed by atoms with E-state index in [4.69, 9.17) is 4.74 Å². The van der Waals surface area contributed by atoms with E-state index in [0.29, 0.717) is 0 Å². The van der Waals surface area contributed by atoms with Gasteiger partial charge in [0.1, 0.15) is 5.75 Å². The van der Waals surface area contributed by atoms with Crippen molar-refractivity contribution >= 4 is 12.0 Å². The molecule has 2 atom stereocenters. The van der Waals surface area contributed by atoms with Gasteiger partial charge in [0.2, 0.25) is 5.91 Å². The number of aliphatic hydroxyl groups is 1. The van der Waals surface area contributed by atoms with E-state index in [0.717, 1.165) is 30.8 Å². The normalized spacial score (nSPS) is 16.3. The maximum Gasteiger partial charge on any atom is 0.244 e. The van der Waals surface area contributed by atoms with Crippen LogP contribution in [0.1, 0.15) is 31.4 Å². The molecular weight excluding hydrogens is 266 g/mol. The molecule has 0 saturated heterocycles. The second-order valence-electron chi connectivity index (χ2n) is 5.50. The molecule has 1 aromatic rings. The van der Waals surface area contributed by atoms with Crippen molar-refractivity contribution in [2.45, 2.75) is 32.8 Å². The summed E-state index contributed by atoms with van der Waals surface area (Å²) in [5.74, 6) is 0.938. The average Bonchev–Trinajstić information content (AvgIpc) is 2.97. The first-order chi connectivity index (χ1) is 10.1. The molecule has 1 heterocycles. The minimum Gasteiger partial charge on any atom is -0.493 e. The van der Waals surface area contributed by atoms with Crippen LogP contribution >= 0.6 is 0 Å². The summed E-state index contributed by atoms with van der Waals surface area (Å²) in [4.78, 5) is 11.7. The lowest BCUT2D eigenvalue weighted by Gasteiger charge is -2.16. The molecular formula is C17H23NO3. The van der Waals surface area contributed by atoms with Crippen molar-refractivity contribution in [3.63, 3.8) is 0 Å². The molecule has 0 aliphatic carbocycles. The van der Waals surface area contributed by atoms with Crippen LogP contribution in [0.2, 0.25) is 0 Å². The van der Waals surface area contributed by atoms with E-state index in [-0.39, 0.29) is 18.4 Å². The van der Waals surface area contributed by atoms with E-state index >= 15 is 0 Å². The Morgan fingerprint density at radius 1 is 1.52 bits per heavy atom. The van der Waals surface area contributed by atoms with Gasteiger partial charge in [0.15, 0.2) is 0 Å². The highest BCUT2D eigenvalue weighted by atomic mass is 16.5. The number of benzene rings is 1. The van der Waals surface area contributed by atoms with Gasteiger partial charge in [0.05, 0.1) is 12.7 Å². The number of aliphatic hydroxyl groups excluding tert-OH is 1. The fourth-order valence-corrected chi connectivity index (χ4v) is 2.22. The van der Waals surface area contributed by atoms with Crippen molar-refractivity contribution in [3.05, 3.63) is 35.4 Å². The number of carbonyl (C=O) groups excluding carboxylic acids is 1. The van der Waals surface area contributed by atoms with Crippen LogP contribution in [0.15, 0.2) is 24.3 Å². The molecule has 114 valence electrons. The molecule has 2 rings (SSSR count). The molecule has 1 aliphatic rings. The Hall–Kier alpha value is -1.81. The zero-order chi connectivity index (χ0) is 15.2. The Morgan fingerprint density at radius 2 is 2.33 bits per heavy atom. The molecule has 1 amide bonds. The van der Waals surface area contributed by atoms with E-state index in [1.165, 1.54) is 11.6 Å². The molecule has 0 fully saturated rings. The monoisotopic (exact) mass is 289 g/mol. The molecule has 0 aromatic heterocycles. The predicted molar refractivity (Wildman–Crippen MR) is 83.1 cm³/mol. The number of fused-ring (bicyclic) bond motifs is 1. The average molecular weight is 289 g/mol. The van der Waals surface area contributed by atoms with E-state index in [2.05, 4.69) is 5.32 Å². The van der Waals surface area contributed by atoms with Crippen molar-refractivity contribution in [2.75, 3.05) is 13.2 Å². The van der Waals surface area contributed by atoms with Gasteiger partial charge in [-0.1, -0.05) is 26.3 Å². The summed E-state index contributed by atoms with van der Waals surface area (Å²) in [6.07, 6.45) is 4.60. The Morgan fingerprint density at radius 3 is 3.10 bits per heavy atom. The van der Waals surface area contributed by atoms with E-state index in [9.17, 15) is 9.90 Å². The third-order valence-electron chi connectivity index (χ3n) is 3.93. The lowest BCUT2D eigenvalue weighted by molar-refractivity contribution is -0.117. The third kappa shape index (κ3) is 4.33. The van der Waals surface area contributed by atoms with Crippen LogP contribution in [0.4, 0.5) is 0 Å². The van der Waals surface area contributed by atoms with Gasteiger partial charge >= 0.3 is 0 Å². The van der Waals surface area contributed by atoms with Gasteiger partial charge in [-0.05, 0) is 35.3 Å². The quantitative estimate of drug-likeness (QED) is 0.789. The van der Waals surface area contributed by atoms with Gasteiger partial charge in [-0.2, -0.15) is 0 Å². The first kappa shape index (κ1) is 15.6. The van der Waals surface area contributed by atoms with Crippen molar-refractivity contribution in [3.8, 4) is 5.75 Å². The van der Waals surface area contributed by atoms with Crippen LogP contribution in [0.25, 0.3) is 6.08 Å². The molecule has 2 unspecified atom stereocenters. The molecule has 0 saturated carbocycles. The Balaban J connectivity index is 1.85. The first-order valence-electron chi connectivity index (χ1n) is 7.50. The summed E-state index contributed by atoms with van der Waals surface area (Å²) >= 11 is 0. The third-order valence-corrected chi connectivity index (χ3v) is 3.93. The minimum absolute atomic E-state index is 0.186. The second kappa shape index (κ2) is 7.27. The lowest BCUT2D eigenvalue weighted by Crippen LogP contribution is -2.34. The number of ether oxygens (including phenoxy) is 1. The summed E-state index contributed by atoms with van der Waals surface area (Å²) < 4.78 is 5.45. The van der Waals surface area contributed by atoms with Gasteiger partial charge in [0.25, 0.3) is 0 Å². The highest BCUT2D eigenvalue weighted by molar-refractivity contribution is 5.91. The summed E-state index contributed by atoms with van der Waals surface area (Å²) in [7, 11) is 0. The molecule has 4 heteroatoms. The molecule has 0 spiro atoms. The SMILES string of the molecule is CCC(C)C(O)CNC(=O)/C=C/c1ccc2c(c1)CCO2. The Labute approximate surface area is 125 Å². The van der Waals surface area contributed by atoms with Crippen molar-refractivity contribution in [2.24, 2.45) is 5.92 Å². The van der Waals surface area contributed by atoms with Crippen LogP contribution in [0, 0.1) is 5.92 Å². The first-order valence-corrected chi connectivity index (χ1v) is 7.50. The minimum atomic E-state index is -0.496. The van der Waals surface area contributed by atoms with Crippen LogP contribution in [0.3, 0.4) is 0 Å². The largest absolute Gasteiger partial charge is 0.493 e. The van der Waals surface area contributed by atoms with Gasteiger partial charge in [-0.15, -0.1) is 0 Å².